The van der Waals surface area contributed by atoms with Gasteiger partial charge in [-0.05, 0) is 35.9 Å². The van der Waals surface area contributed by atoms with E-state index in [1.165, 1.54) is 345 Å². The topological polar surface area (TPSA) is 36.9 Å². The van der Waals surface area contributed by atoms with E-state index in [0.29, 0.717) is 26.4 Å². The zero-order chi connectivity index (χ0) is 51.7. The van der Waals surface area contributed by atoms with Crippen molar-refractivity contribution in [1.29, 1.82) is 0 Å². The quantitative estimate of drug-likeness (QED) is 0.0565. The highest BCUT2D eigenvalue weighted by atomic mass is 32.2. The molecule has 6 heteroatoms. The first-order valence-electron chi connectivity index (χ1n) is 33.9. The van der Waals surface area contributed by atoms with Crippen LogP contribution < -0.4 is 0 Å². The molecule has 2 heterocycles. The molecule has 0 atom stereocenters. The molecule has 2 aliphatic rings. The van der Waals surface area contributed by atoms with Gasteiger partial charge in [-0.2, -0.15) is 23.5 Å². The smallest absolute Gasteiger partial charge is 0.158 e. The summed E-state index contributed by atoms with van der Waals surface area (Å²) >= 11 is 4.16. The lowest BCUT2D eigenvalue weighted by Crippen LogP contribution is -2.52. The monoisotopic (exact) mass is 1060 g/mol. The summed E-state index contributed by atoms with van der Waals surface area (Å²) in [6.07, 6.45) is 77.6. The molecule has 4 nitrogen and oxygen atoms in total. The largest absolute Gasteiger partial charge is 0.352 e. The van der Waals surface area contributed by atoms with Crippen molar-refractivity contribution in [3.8, 4) is 0 Å². The van der Waals surface area contributed by atoms with Gasteiger partial charge in [-0.15, -0.1) is 0 Å². The summed E-state index contributed by atoms with van der Waals surface area (Å²) < 4.78 is 24.8. The molecule has 2 saturated heterocycles. The predicted molar refractivity (Wildman–Crippen MR) is 329 cm³/mol. The molecule has 0 aliphatic carbocycles. The molecular formula is C67H132O4S2. The Balaban J connectivity index is 1.20. The molecule has 0 saturated carbocycles. The van der Waals surface area contributed by atoms with Crippen molar-refractivity contribution in [3.05, 3.63) is 0 Å². The molecular weight excluding hydrogens is 933 g/mol. The van der Waals surface area contributed by atoms with E-state index in [4.69, 9.17) is 18.9 Å². The average Bonchev–Trinajstić information content (AvgIpc) is 3.41. The van der Waals surface area contributed by atoms with Crippen LogP contribution in [0.3, 0.4) is 0 Å². The van der Waals surface area contributed by atoms with Crippen molar-refractivity contribution in [2.24, 2.45) is 5.41 Å². The van der Waals surface area contributed by atoms with E-state index < -0.39 is 0 Å². The third-order valence-electron chi connectivity index (χ3n) is 16.6. The van der Waals surface area contributed by atoms with Gasteiger partial charge < -0.3 is 18.9 Å². The minimum Gasteiger partial charge on any atom is -0.352 e. The third kappa shape index (κ3) is 48.2. The lowest BCUT2D eigenvalue weighted by atomic mass is 9.90. The van der Waals surface area contributed by atoms with Crippen LogP contribution in [0.15, 0.2) is 0 Å². The molecule has 0 N–H and O–H groups in total. The Morgan fingerprint density at radius 1 is 0.233 bits per heavy atom. The van der Waals surface area contributed by atoms with Crippen LogP contribution in [-0.4, -0.2) is 62.0 Å². The Kier molecular flexibility index (Phi) is 54.6. The third-order valence-corrected chi connectivity index (χ3v) is 18.8. The molecule has 2 aliphatic heterocycles. The second kappa shape index (κ2) is 57.2. The normalized spacial score (nSPS) is 18.2. The Hall–Kier alpha value is 0.540. The zero-order valence-corrected chi connectivity index (χ0v) is 51.6. The highest BCUT2D eigenvalue weighted by molar-refractivity contribution is 7.99. The van der Waals surface area contributed by atoms with Crippen molar-refractivity contribution >= 4 is 23.5 Å². The predicted octanol–water partition coefficient (Wildman–Crippen LogP) is 23.3. The lowest BCUT2D eigenvalue weighted by molar-refractivity contribution is -0.302. The fourth-order valence-electron chi connectivity index (χ4n) is 11.4. The van der Waals surface area contributed by atoms with Crippen LogP contribution in [-0.2, 0) is 18.9 Å². The van der Waals surface area contributed by atoms with Gasteiger partial charge in [-0.25, -0.2) is 0 Å². The Labute approximate surface area is 468 Å². The number of rotatable bonds is 60. The summed E-state index contributed by atoms with van der Waals surface area (Å²) in [7, 11) is 0. The first kappa shape index (κ1) is 69.6. The summed E-state index contributed by atoms with van der Waals surface area (Å²) in [5, 5.41) is 0. The van der Waals surface area contributed by atoms with Gasteiger partial charge in [0.2, 0.25) is 0 Å². The molecule has 0 radical (unpaired) electrons. The van der Waals surface area contributed by atoms with Gasteiger partial charge >= 0.3 is 0 Å². The zero-order valence-electron chi connectivity index (χ0n) is 49.9. The van der Waals surface area contributed by atoms with Crippen LogP contribution in [0.1, 0.15) is 361 Å². The standard InChI is InChI=1S/C67H132O4S2/c1-3-5-7-9-11-13-15-17-19-21-23-25-27-29-31-33-35-37-39-41-43-45-47-49-51-53-57-72-59-55-65-68-61-67(62-69-65)63-70-66(71-64-67)56-60-73-58-54-52-50-48-46-44-42-40-38-36-34-32-30-28-26-24-22-20-18-16-14-12-10-8-6-4-2/h65-66H,3-64H2,1-2H3. The van der Waals surface area contributed by atoms with Gasteiger partial charge in [0.15, 0.2) is 12.6 Å². The Bertz CT molecular complexity index is 945. The molecule has 436 valence electrons. The summed E-state index contributed by atoms with van der Waals surface area (Å²) in [6.45, 7) is 7.41. The molecule has 0 aromatic carbocycles. The summed E-state index contributed by atoms with van der Waals surface area (Å²) in [5.74, 6) is 4.81. The van der Waals surface area contributed by atoms with E-state index in [9.17, 15) is 0 Å². The van der Waals surface area contributed by atoms with Crippen LogP contribution in [0.5, 0.6) is 0 Å². The summed E-state index contributed by atoms with van der Waals surface area (Å²) in [6, 6.07) is 0. The van der Waals surface area contributed by atoms with Gasteiger partial charge in [0.1, 0.15) is 0 Å². The molecule has 2 fully saturated rings. The van der Waals surface area contributed by atoms with E-state index in [2.05, 4.69) is 37.4 Å². The fourth-order valence-corrected chi connectivity index (χ4v) is 13.3. The molecule has 1 spiro atoms. The van der Waals surface area contributed by atoms with Crippen LogP contribution in [0.4, 0.5) is 0 Å². The molecule has 0 aromatic heterocycles. The molecule has 0 aromatic rings. The van der Waals surface area contributed by atoms with Crippen LogP contribution in [0, 0.1) is 5.41 Å². The molecule has 0 bridgehead atoms. The average molecular weight is 1070 g/mol. The maximum absolute atomic E-state index is 6.19. The van der Waals surface area contributed by atoms with Gasteiger partial charge in [0.25, 0.3) is 0 Å². The first-order valence-corrected chi connectivity index (χ1v) is 36.2. The Morgan fingerprint density at radius 3 is 0.575 bits per heavy atom. The number of hydrogen-bond donors (Lipinski definition) is 0. The molecule has 0 unspecified atom stereocenters. The second-order valence-corrected chi connectivity index (χ2v) is 26.5. The molecule has 2 rings (SSSR count). The van der Waals surface area contributed by atoms with E-state index in [1.807, 2.05) is 0 Å². The van der Waals surface area contributed by atoms with Gasteiger partial charge in [-0.3, -0.25) is 0 Å². The number of unbranched alkanes of at least 4 members (excludes halogenated alkanes) is 50. The van der Waals surface area contributed by atoms with Crippen LogP contribution in [0.2, 0.25) is 0 Å². The van der Waals surface area contributed by atoms with Crippen molar-refractivity contribution in [1.82, 2.24) is 0 Å². The molecule has 73 heavy (non-hydrogen) atoms. The fraction of sp³-hybridized carbons (Fsp3) is 1.00. The van der Waals surface area contributed by atoms with E-state index >= 15 is 0 Å². The maximum atomic E-state index is 6.19. The van der Waals surface area contributed by atoms with Crippen molar-refractivity contribution in [3.63, 3.8) is 0 Å². The summed E-state index contributed by atoms with van der Waals surface area (Å²) in [5.41, 5.74) is -0.121. The SMILES string of the molecule is CCCCCCCCCCCCCCCCCCCCCCCCCCCCSCCC1OCC2(CO1)COC(CCSCCCCCCCCCCCCCCCCCCCCCCCCCCCC)OC2. The minimum absolute atomic E-state index is 0.0608. The minimum atomic E-state index is -0.121. The number of hydrogen-bond acceptors (Lipinski definition) is 6. The van der Waals surface area contributed by atoms with E-state index in [0.717, 1.165) is 24.3 Å². The van der Waals surface area contributed by atoms with Crippen molar-refractivity contribution < 1.29 is 18.9 Å². The Morgan fingerprint density at radius 2 is 0.397 bits per heavy atom. The molecule has 0 amide bonds. The lowest BCUT2D eigenvalue weighted by Gasteiger charge is -2.43. The van der Waals surface area contributed by atoms with E-state index in [1.54, 1.807) is 0 Å². The van der Waals surface area contributed by atoms with Crippen molar-refractivity contribution in [2.45, 2.75) is 373 Å². The van der Waals surface area contributed by atoms with Crippen LogP contribution >= 0.6 is 23.5 Å². The van der Waals surface area contributed by atoms with Crippen molar-refractivity contribution in [2.75, 3.05) is 49.4 Å². The number of ether oxygens (including phenoxy) is 4. The second-order valence-electron chi connectivity index (χ2n) is 24.1. The van der Waals surface area contributed by atoms with Gasteiger partial charge in [0.05, 0.1) is 31.8 Å². The van der Waals surface area contributed by atoms with Crippen LogP contribution in [0.25, 0.3) is 0 Å². The highest BCUT2D eigenvalue weighted by Crippen LogP contribution is 2.32. The van der Waals surface area contributed by atoms with E-state index in [-0.39, 0.29) is 18.0 Å². The number of thioether (sulfide) groups is 2. The maximum Gasteiger partial charge on any atom is 0.158 e. The highest BCUT2D eigenvalue weighted by Gasteiger charge is 2.41. The van der Waals surface area contributed by atoms with Gasteiger partial charge in [0, 0.05) is 12.8 Å². The summed E-state index contributed by atoms with van der Waals surface area (Å²) in [4.78, 5) is 0. The van der Waals surface area contributed by atoms with Gasteiger partial charge in [-0.1, -0.05) is 335 Å². The first-order chi connectivity index (χ1) is 36.3.